The first-order valence-electron chi connectivity index (χ1n) is 5.48. The smallest absolute Gasteiger partial charge is 0.351 e. The van der Waals surface area contributed by atoms with Crippen molar-refractivity contribution in [2.45, 2.75) is 24.7 Å². The highest BCUT2D eigenvalue weighted by atomic mass is 35.5. The van der Waals surface area contributed by atoms with Gasteiger partial charge >= 0.3 is 5.69 Å². The van der Waals surface area contributed by atoms with Crippen molar-refractivity contribution in [3.8, 4) is 0 Å². The molecule has 0 bridgehead atoms. The van der Waals surface area contributed by atoms with E-state index in [0.717, 1.165) is 0 Å². The summed E-state index contributed by atoms with van der Waals surface area (Å²) in [5.41, 5.74) is 0.466. The molecule has 7 nitrogen and oxygen atoms in total. The van der Waals surface area contributed by atoms with Gasteiger partial charge in [0.2, 0.25) is 0 Å². The van der Waals surface area contributed by atoms with Crippen LogP contribution >= 0.6 is 11.6 Å². The molecule has 18 heavy (non-hydrogen) atoms. The third kappa shape index (κ3) is 2.35. The van der Waals surface area contributed by atoms with E-state index in [0.29, 0.717) is 12.8 Å². The first-order chi connectivity index (χ1) is 8.64. The van der Waals surface area contributed by atoms with Gasteiger partial charge in [0.1, 0.15) is 11.8 Å². The first-order valence-corrected chi connectivity index (χ1v) is 6.01. The van der Waals surface area contributed by atoms with E-state index in [2.05, 4.69) is 4.98 Å². The minimum atomic E-state index is -0.792. The van der Waals surface area contributed by atoms with Crippen molar-refractivity contribution in [1.82, 2.24) is 9.55 Å². The molecule has 1 aliphatic rings. The van der Waals surface area contributed by atoms with Gasteiger partial charge in [-0.05, 0) is 18.9 Å². The summed E-state index contributed by atoms with van der Waals surface area (Å²) in [5.74, 6) is 0.235. The Labute approximate surface area is 108 Å². The van der Waals surface area contributed by atoms with E-state index in [1.165, 1.54) is 16.8 Å². The van der Waals surface area contributed by atoms with E-state index < -0.39 is 17.5 Å². The van der Waals surface area contributed by atoms with Crippen molar-refractivity contribution in [2.75, 3.05) is 18.0 Å². The normalized spacial score (nSPS) is 27.4. The summed E-state index contributed by atoms with van der Waals surface area (Å²) in [5, 5.41) is 17.9. The molecule has 100 valence electrons. The number of nitrogens with one attached hydrogen (secondary N) is 1. The van der Waals surface area contributed by atoms with Crippen molar-refractivity contribution >= 4 is 17.4 Å². The average Bonchev–Trinajstić information content (AvgIpc) is 2.83. The quantitative estimate of drug-likeness (QED) is 0.541. The molecule has 0 aromatic carbocycles. The highest BCUT2D eigenvalue weighted by Gasteiger charge is 2.40. The number of anilines is 1. The van der Waals surface area contributed by atoms with Gasteiger partial charge in [0.05, 0.1) is 12.5 Å². The maximum atomic E-state index is 11.7. The number of aliphatic hydroxyl groups is 1. The van der Waals surface area contributed by atoms with Crippen LogP contribution in [0.4, 0.5) is 5.82 Å². The van der Waals surface area contributed by atoms with E-state index in [9.17, 15) is 9.90 Å². The van der Waals surface area contributed by atoms with Crippen molar-refractivity contribution in [1.29, 1.82) is 0 Å². The van der Waals surface area contributed by atoms with Gasteiger partial charge in [-0.25, -0.2) is 4.79 Å². The lowest BCUT2D eigenvalue weighted by molar-refractivity contribution is -0.0859. The third-order valence-corrected chi connectivity index (χ3v) is 3.51. The Balaban J connectivity index is 2.22. The fourth-order valence-corrected chi connectivity index (χ4v) is 2.22. The van der Waals surface area contributed by atoms with Gasteiger partial charge in [-0.3, -0.25) is 15.3 Å². The summed E-state index contributed by atoms with van der Waals surface area (Å²) in [4.78, 5) is 15.3. The molecule has 8 heteroatoms. The molecule has 1 saturated heterocycles. The number of alkyl halides is 1. The predicted octanol–water partition coefficient (Wildman–Crippen LogP) is 0.323. The number of hydrogen-bond acceptors (Lipinski definition) is 6. The summed E-state index contributed by atoms with van der Waals surface area (Å²) < 4.78 is 6.96. The number of nitrogens with zero attached hydrogens (tertiary/aromatic N) is 2. The standard InChI is InChI=1S/C10H14ClN3O4/c11-5-10(6-15)3-1-8(18-10)14-4-2-7(13-17)12-9(14)16/h2,4,8,15,17H,1,3,5-6H2,(H,12,13,16)/t8-,10-/m1/s1. The molecule has 0 aliphatic carbocycles. The van der Waals surface area contributed by atoms with E-state index in [1.807, 2.05) is 0 Å². The van der Waals surface area contributed by atoms with Crippen LogP contribution in [-0.2, 0) is 4.74 Å². The number of aromatic nitrogens is 2. The number of hydrogen-bond donors (Lipinski definition) is 3. The summed E-state index contributed by atoms with van der Waals surface area (Å²) in [6, 6.07) is 1.45. The van der Waals surface area contributed by atoms with Crippen LogP contribution in [0.1, 0.15) is 19.1 Å². The summed E-state index contributed by atoms with van der Waals surface area (Å²) in [7, 11) is 0. The van der Waals surface area contributed by atoms with E-state index in [4.69, 9.17) is 21.5 Å². The fraction of sp³-hybridized carbons (Fsp3) is 0.600. The second kappa shape index (κ2) is 5.23. The van der Waals surface area contributed by atoms with Crippen LogP contribution in [0.3, 0.4) is 0 Å². The molecule has 2 rings (SSSR count). The molecule has 2 atom stereocenters. The monoisotopic (exact) mass is 275 g/mol. The van der Waals surface area contributed by atoms with Crippen molar-refractivity contribution in [3.05, 3.63) is 22.7 Å². The number of rotatable bonds is 4. The van der Waals surface area contributed by atoms with Gasteiger partial charge in [0.15, 0.2) is 5.82 Å². The molecule has 1 aromatic rings. The predicted molar refractivity (Wildman–Crippen MR) is 63.8 cm³/mol. The van der Waals surface area contributed by atoms with Crippen molar-refractivity contribution in [2.24, 2.45) is 0 Å². The Kier molecular flexibility index (Phi) is 3.86. The number of halogens is 1. The molecule has 0 spiro atoms. The zero-order valence-electron chi connectivity index (χ0n) is 9.54. The third-order valence-electron chi connectivity index (χ3n) is 3.02. The second-order valence-corrected chi connectivity index (χ2v) is 4.47. The Bertz CT molecular complexity index is 474. The van der Waals surface area contributed by atoms with Crippen LogP contribution < -0.4 is 11.2 Å². The Hall–Kier alpha value is -1.15. The molecular formula is C10H14ClN3O4. The summed E-state index contributed by atoms with van der Waals surface area (Å²) in [6.07, 6.45) is 2.12. The molecule has 0 amide bonds. The van der Waals surface area contributed by atoms with E-state index >= 15 is 0 Å². The molecule has 2 heterocycles. The van der Waals surface area contributed by atoms with Gasteiger partial charge in [-0.15, -0.1) is 11.6 Å². The van der Waals surface area contributed by atoms with Crippen LogP contribution in [0.2, 0.25) is 0 Å². The van der Waals surface area contributed by atoms with Gasteiger partial charge in [-0.2, -0.15) is 4.98 Å². The summed E-state index contributed by atoms with van der Waals surface area (Å²) in [6.45, 7) is -0.189. The zero-order chi connectivity index (χ0) is 13.2. The topological polar surface area (TPSA) is 96.6 Å². The average molecular weight is 276 g/mol. The first kappa shape index (κ1) is 13.3. The Morgan fingerprint density at radius 1 is 1.72 bits per heavy atom. The van der Waals surface area contributed by atoms with E-state index in [-0.39, 0.29) is 18.3 Å². The SMILES string of the molecule is O=c1nc(NO)ccn1[C@H]1CC[C@](CO)(CCl)O1. The zero-order valence-corrected chi connectivity index (χ0v) is 10.3. The molecule has 0 radical (unpaired) electrons. The van der Waals surface area contributed by atoms with Gasteiger partial charge in [0.25, 0.3) is 0 Å². The lowest BCUT2D eigenvalue weighted by atomic mass is 10.0. The van der Waals surface area contributed by atoms with Crippen LogP contribution in [0.25, 0.3) is 0 Å². The van der Waals surface area contributed by atoms with Crippen LogP contribution in [-0.4, -0.2) is 38.0 Å². The highest BCUT2D eigenvalue weighted by molar-refractivity contribution is 6.18. The second-order valence-electron chi connectivity index (χ2n) is 4.20. The van der Waals surface area contributed by atoms with Crippen LogP contribution in [0.5, 0.6) is 0 Å². The molecule has 0 saturated carbocycles. The molecule has 1 fully saturated rings. The van der Waals surface area contributed by atoms with Crippen LogP contribution in [0, 0.1) is 0 Å². The lowest BCUT2D eigenvalue weighted by Crippen LogP contribution is -2.36. The van der Waals surface area contributed by atoms with Gasteiger partial charge in [0, 0.05) is 6.20 Å². The summed E-state index contributed by atoms with van der Waals surface area (Å²) >= 11 is 5.77. The fourth-order valence-electron chi connectivity index (χ4n) is 1.94. The van der Waals surface area contributed by atoms with E-state index in [1.54, 1.807) is 5.48 Å². The van der Waals surface area contributed by atoms with Crippen LogP contribution in [0.15, 0.2) is 17.1 Å². The molecule has 3 N–H and O–H groups in total. The number of aliphatic hydroxyl groups excluding tert-OH is 1. The molecule has 0 unspecified atom stereocenters. The maximum absolute atomic E-state index is 11.7. The Morgan fingerprint density at radius 2 is 2.50 bits per heavy atom. The van der Waals surface area contributed by atoms with Gasteiger partial charge < -0.3 is 9.84 Å². The Morgan fingerprint density at radius 3 is 3.00 bits per heavy atom. The largest absolute Gasteiger partial charge is 0.393 e. The minimum absolute atomic E-state index is 0.0695. The molecular weight excluding hydrogens is 262 g/mol. The van der Waals surface area contributed by atoms with Gasteiger partial charge in [-0.1, -0.05) is 0 Å². The van der Waals surface area contributed by atoms with Crippen molar-refractivity contribution < 1.29 is 15.1 Å². The molecule has 1 aliphatic heterocycles. The highest BCUT2D eigenvalue weighted by Crippen LogP contribution is 2.36. The maximum Gasteiger partial charge on any atom is 0.351 e. The minimum Gasteiger partial charge on any atom is -0.393 e. The number of ether oxygens (including phenoxy) is 1. The lowest BCUT2D eigenvalue weighted by Gasteiger charge is -2.24. The molecule has 1 aromatic heterocycles. The van der Waals surface area contributed by atoms with Crippen molar-refractivity contribution in [3.63, 3.8) is 0 Å².